The number of aromatic amines is 1. The Morgan fingerprint density at radius 1 is 1.16 bits per heavy atom. The summed E-state index contributed by atoms with van der Waals surface area (Å²) in [6, 6.07) is 8.36. The number of pyridine rings is 1. The molecule has 1 aromatic carbocycles. The molecule has 0 bridgehead atoms. The van der Waals surface area contributed by atoms with Crippen molar-refractivity contribution < 1.29 is 0 Å². The quantitative estimate of drug-likeness (QED) is 0.470. The van der Waals surface area contributed by atoms with Crippen LogP contribution in [0.1, 0.15) is 69.8 Å². The maximum Gasteiger partial charge on any atom is 0.259 e. The summed E-state index contributed by atoms with van der Waals surface area (Å²) >= 11 is 0. The zero-order valence-corrected chi connectivity index (χ0v) is 18.6. The number of hydrogen-bond donors (Lipinski definition) is 2. The van der Waals surface area contributed by atoms with Gasteiger partial charge in [0.2, 0.25) is 0 Å². The minimum atomic E-state index is -0.102. The molecule has 0 amide bonds. The first-order valence-electron chi connectivity index (χ1n) is 11.2. The Labute approximate surface area is 182 Å². The number of aromatic nitrogens is 5. The summed E-state index contributed by atoms with van der Waals surface area (Å²) in [5, 5.41) is 5.29. The molecule has 0 spiro atoms. The maximum atomic E-state index is 13.6. The van der Waals surface area contributed by atoms with Gasteiger partial charge in [-0.15, -0.1) is 0 Å². The van der Waals surface area contributed by atoms with Crippen LogP contribution in [0.15, 0.2) is 41.7 Å². The Morgan fingerprint density at radius 3 is 2.71 bits per heavy atom. The summed E-state index contributed by atoms with van der Waals surface area (Å²) in [6.45, 7) is 8.09. The SMILES string of the molecule is CC.Cc1cccc2cc(C(C)Nc3ncnc4nc[nH]c34)n(C3CCCC3)c(=O)c12. The lowest BCUT2D eigenvalue weighted by atomic mass is 10.0. The first kappa shape index (κ1) is 21.0. The van der Waals surface area contributed by atoms with Gasteiger partial charge in [-0.2, -0.15) is 0 Å². The molecule has 5 rings (SSSR count). The molecule has 2 N–H and O–H groups in total. The van der Waals surface area contributed by atoms with Crippen LogP contribution in [-0.2, 0) is 0 Å². The van der Waals surface area contributed by atoms with Crippen LogP contribution in [0.2, 0.25) is 0 Å². The van der Waals surface area contributed by atoms with Gasteiger partial charge in [-0.3, -0.25) is 4.79 Å². The number of anilines is 1. The first-order valence-corrected chi connectivity index (χ1v) is 11.2. The number of nitrogens with zero attached hydrogens (tertiary/aromatic N) is 4. The fraction of sp³-hybridized carbons (Fsp3) is 0.417. The van der Waals surface area contributed by atoms with E-state index in [0.717, 1.165) is 40.4 Å². The van der Waals surface area contributed by atoms with E-state index in [2.05, 4.69) is 38.2 Å². The number of hydrogen-bond acceptors (Lipinski definition) is 5. The Kier molecular flexibility index (Phi) is 6.02. The summed E-state index contributed by atoms with van der Waals surface area (Å²) < 4.78 is 2.03. The van der Waals surface area contributed by atoms with Crippen LogP contribution in [0.5, 0.6) is 0 Å². The number of benzene rings is 1. The lowest BCUT2D eigenvalue weighted by Crippen LogP contribution is -2.30. The van der Waals surface area contributed by atoms with E-state index in [-0.39, 0.29) is 17.6 Å². The molecule has 1 atom stereocenters. The van der Waals surface area contributed by atoms with E-state index in [9.17, 15) is 4.79 Å². The van der Waals surface area contributed by atoms with Crippen molar-refractivity contribution in [3.63, 3.8) is 0 Å². The van der Waals surface area contributed by atoms with Crippen molar-refractivity contribution in [3.8, 4) is 0 Å². The zero-order chi connectivity index (χ0) is 22.0. The van der Waals surface area contributed by atoms with Gasteiger partial charge in [-0.25, -0.2) is 15.0 Å². The molecule has 1 unspecified atom stereocenters. The van der Waals surface area contributed by atoms with E-state index in [4.69, 9.17) is 0 Å². The van der Waals surface area contributed by atoms with Crippen LogP contribution in [0.4, 0.5) is 5.82 Å². The average molecular weight is 419 g/mol. The second-order valence-corrected chi connectivity index (χ2v) is 7.91. The van der Waals surface area contributed by atoms with E-state index in [0.29, 0.717) is 11.5 Å². The maximum absolute atomic E-state index is 13.6. The predicted octanol–water partition coefficient (Wildman–Crippen LogP) is 5.29. The summed E-state index contributed by atoms with van der Waals surface area (Å²) in [6.07, 6.45) is 7.56. The van der Waals surface area contributed by atoms with Gasteiger partial charge in [-0.05, 0) is 43.7 Å². The van der Waals surface area contributed by atoms with Crippen molar-refractivity contribution in [2.24, 2.45) is 0 Å². The molecule has 7 heteroatoms. The van der Waals surface area contributed by atoms with Gasteiger partial charge in [-0.1, -0.05) is 44.9 Å². The highest BCUT2D eigenvalue weighted by atomic mass is 16.1. The van der Waals surface area contributed by atoms with Crippen LogP contribution in [0, 0.1) is 6.92 Å². The van der Waals surface area contributed by atoms with Gasteiger partial charge in [0.1, 0.15) is 11.8 Å². The molecule has 0 saturated heterocycles. The number of nitrogens with one attached hydrogen (secondary N) is 2. The van der Waals surface area contributed by atoms with E-state index >= 15 is 0 Å². The first-order chi connectivity index (χ1) is 15.1. The molecule has 1 fully saturated rings. The van der Waals surface area contributed by atoms with Gasteiger partial charge in [0.15, 0.2) is 11.5 Å². The molecule has 3 aromatic heterocycles. The number of fused-ring (bicyclic) bond motifs is 2. The third-order valence-electron chi connectivity index (χ3n) is 6.03. The highest BCUT2D eigenvalue weighted by Crippen LogP contribution is 2.33. The smallest absolute Gasteiger partial charge is 0.259 e. The second-order valence-electron chi connectivity index (χ2n) is 7.91. The summed E-state index contributed by atoms with van der Waals surface area (Å²) in [5.74, 6) is 0.690. The molecular weight excluding hydrogens is 388 g/mol. The summed E-state index contributed by atoms with van der Waals surface area (Å²) in [7, 11) is 0. The fourth-order valence-corrected chi connectivity index (χ4v) is 4.60. The van der Waals surface area contributed by atoms with E-state index in [1.165, 1.54) is 19.2 Å². The molecule has 0 aliphatic heterocycles. The van der Waals surface area contributed by atoms with Crippen LogP contribution < -0.4 is 10.9 Å². The third kappa shape index (κ3) is 3.80. The molecule has 1 aliphatic rings. The monoisotopic (exact) mass is 418 g/mol. The molecule has 162 valence electrons. The van der Waals surface area contributed by atoms with Gasteiger partial charge in [0, 0.05) is 11.7 Å². The molecule has 7 nitrogen and oxygen atoms in total. The molecule has 1 saturated carbocycles. The Hall–Kier alpha value is -3.22. The topological polar surface area (TPSA) is 88.5 Å². The van der Waals surface area contributed by atoms with Crippen molar-refractivity contribution in [2.45, 2.75) is 65.5 Å². The van der Waals surface area contributed by atoms with Gasteiger partial charge in [0.05, 0.1) is 17.8 Å². The lowest BCUT2D eigenvalue weighted by Gasteiger charge is -2.25. The number of imidazole rings is 1. The van der Waals surface area contributed by atoms with Gasteiger partial charge in [0.25, 0.3) is 5.56 Å². The number of H-pyrrole nitrogens is 1. The Morgan fingerprint density at radius 2 is 1.94 bits per heavy atom. The third-order valence-corrected chi connectivity index (χ3v) is 6.03. The second kappa shape index (κ2) is 8.88. The average Bonchev–Trinajstić information content (AvgIpc) is 3.47. The van der Waals surface area contributed by atoms with Crippen molar-refractivity contribution in [3.05, 3.63) is 58.5 Å². The van der Waals surface area contributed by atoms with Crippen molar-refractivity contribution in [1.82, 2.24) is 24.5 Å². The van der Waals surface area contributed by atoms with E-state index < -0.39 is 0 Å². The zero-order valence-electron chi connectivity index (χ0n) is 18.6. The summed E-state index contributed by atoms with van der Waals surface area (Å²) in [4.78, 5) is 29.4. The highest BCUT2D eigenvalue weighted by molar-refractivity contribution is 5.85. The summed E-state index contributed by atoms with van der Waals surface area (Å²) in [5.41, 5.74) is 3.53. The Balaban J connectivity index is 0.00000112. The molecule has 3 heterocycles. The van der Waals surface area contributed by atoms with Gasteiger partial charge >= 0.3 is 0 Å². The highest BCUT2D eigenvalue weighted by Gasteiger charge is 2.25. The fourth-order valence-electron chi connectivity index (χ4n) is 4.60. The largest absolute Gasteiger partial charge is 0.360 e. The lowest BCUT2D eigenvalue weighted by molar-refractivity contribution is 0.478. The van der Waals surface area contributed by atoms with Crippen molar-refractivity contribution >= 4 is 27.8 Å². The standard InChI is InChI=1S/C22H24N6O.C2H6/c1-13-6-5-7-15-10-17(28(22(29)18(13)15)16-8-3-4-9-16)14(2)27-21-19-20(24-11-23-19)25-12-26-21;1-2/h5-7,10-12,14,16H,3-4,8-9H2,1-2H3,(H2,23,24,25,26,27);1-2H3. The molecule has 31 heavy (non-hydrogen) atoms. The van der Waals surface area contributed by atoms with Crippen molar-refractivity contribution in [2.75, 3.05) is 5.32 Å². The Bertz CT molecular complexity index is 1250. The van der Waals surface area contributed by atoms with E-state index in [1.54, 1.807) is 6.33 Å². The van der Waals surface area contributed by atoms with Gasteiger partial charge < -0.3 is 14.9 Å². The molecular formula is C24H30N6O. The molecule has 0 radical (unpaired) electrons. The molecule has 4 aromatic rings. The normalized spacial score (nSPS) is 15.1. The van der Waals surface area contributed by atoms with Crippen LogP contribution in [0.25, 0.3) is 21.9 Å². The number of aryl methyl sites for hydroxylation is 1. The van der Waals surface area contributed by atoms with E-state index in [1.807, 2.05) is 43.5 Å². The van der Waals surface area contributed by atoms with Crippen LogP contribution >= 0.6 is 0 Å². The minimum Gasteiger partial charge on any atom is -0.360 e. The van der Waals surface area contributed by atoms with Crippen molar-refractivity contribution in [1.29, 1.82) is 0 Å². The number of rotatable bonds is 4. The predicted molar refractivity (Wildman–Crippen MR) is 126 cm³/mol. The minimum absolute atomic E-state index is 0.102. The van der Waals surface area contributed by atoms with Crippen LogP contribution in [0.3, 0.4) is 0 Å². The van der Waals surface area contributed by atoms with Crippen LogP contribution in [-0.4, -0.2) is 24.5 Å². The molecule has 1 aliphatic carbocycles.